The van der Waals surface area contributed by atoms with Gasteiger partial charge in [-0.25, -0.2) is 4.98 Å². The van der Waals surface area contributed by atoms with Crippen LogP contribution in [-0.4, -0.2) is 41.8 Å². The van der Waals surface area contributed by atoms with Crippen LogP contribution in [0.1, 0.15) is 12.0 Å². The lowest BCUT2D eigenvalue weighted by Crippen LogP contribution is -2.34. The van der Waals surface area contributed by atoms with E-state index in [4.69, 9.17) is 4.74 Å². The molecule has 0 amide bonds. The van der Waals surface area contributed by atoms with Crippen molar-refractivity contribution in [2.75, 3.05) is 18.1 Å². The third-order valence-corrected chi connectivity index (χ3v) is 5.17. The Balaban J connectivity index is 1.72. The van der Waals surface area contributed by atoms with E-state index in [9.17, 15) is 32.1 Å². The van der Waals surface area contributed by atoms with Crippen molar-refractivity contribution in [1.29, 1.82) is 0 Å². The molecule has 0 spiro atoms. The second-order valence-electron chi connectivity index (χ2n) is 6.14. The molecule has 0 bridgehead atoms. The Kier molecular flexibility index (Phi) is 6.17. The third-order valence-electron chi connectivity index (χ3n) is 4.18. The van der Waals surface area contributed by atoms with Crippen LogP contribution in [0.25, 0.3) is 0 Å². The highest BCUT2D eigenvalue weighted by atomic mass is 32.1. The fraction of sp³-hybridized carbons (Fsp3) is 0.438. The fourth-order valence-corrected chi connectivity index (χ4v) is 3.74. The zero-order chi connectivity index (χ0) is 21.2. The number of hydrogen-bond acceptors (Lipinski definition) is 7. The van der Waals surface area contributed by atoms with Crippen LogP contribution in [-0.2, 0) is 10.9 Å². The Morgan fingerprint density at radius 3 is 2.55 bits per heavy atom. The SMILES string of the molecule is O=[N+]([O-])c1cnc(N2C[C@@H](Oc3ccc(C(F)(F)F)cc3)C[C@H]2COC(F)F)s1. The summed E-state index contributed by atoms with van der Waals surface area (Å²) in [6.45, 7) is -3.20. The van der Waals surface area contributed by atoms with Crippen LogP contribution in [0.5, 0.6) is 5.75 Å². The van der Waals surface area contributed by atoms with Gasteiger partial charge in [0.1, 0.15) is 18.1 Å². The highest BCUT2D eigenvalue weighted by Crippen LogP contribution is 2.35. The molecule has 29 heavy (non-hydrogen) atoms. The van der Waals surface area contributed by atoms with Crippen molar-refractivity contribution in [2.24, 2.45) is 0 Å². The number of alkyl halides is 5. The van der Waals surface area contributed by atoms with Crippen LogP contribution in [0.4, 0.5) is 32.1 Å². The summed E-state index contributed by atoms with van der Waals surface area (Å²) in [4.78, 5) is 15.8. The normalized spacial score (nSPS) is 19.7. The molecule has 2 heterocycles. The van der Waals surface area contributed by atoms with Crippen LogP contribution in [0.3, 0.4) is 0 Å². The first-order valence-electron chi connectivity index (χ1n) is 8.24. The standard InChI is InChI=1S/C16H14F5N3O4S/c17-14(18)27-8-10-5-12(7-23(10)15-22-6-13(29-15)24(25)26)28-11-3-1-9(2-4-11)16(19,20)21/h1-4,6,10,12,14H,5,7-8H2/t10-,12-/m0/s1. The summed E-state index contributed by atoms with van der Waals surface area (Å²) in [7, 11) is 0. The Morgan fingerprint density at radius 1 is 1.31 bits per heavy atom. The highest BCUT2D eigenvalue weighted by molar-refractivity contribution is 7.18. The minimum Gasteiger partial charge on any atom is -0.489 e. The second-order valence-corrected chi connectivity index (χ2v) is 7.12. The number of thiazole rings is 1. The van der Waals surface area contributed by atoms with Crippen molar-refractivity contribution >= 4 is 21.5 Å². The number of ether oxygens (including phenoxy) is 2. The monoisotopic (exact) mass is 439 g/mol. The molecule has 1 aromatic carbocycles. The number of nitro groups is 1. The molecule has 0 unspecified atom stereocenters. The molecule has 7 nitrogen and oxygen atoms in total. The summed E-state index contributed by atoms with van der Waals surface area (Å²) >= 11 is 0.781. The van der Waals surface area contributed by atoms with Crippen molar-refractivity contribution in [1.82, 2.24) is 4.98 Å². The summed E-state index contributed by atoms with van der Waals surface area (Å²) in [6, 6.07) is 3.51. The number of aromatic nitrogens is 1. The molecule has 1 aliphatic rings. The van der Waals surface area contributed by atoms with Gasteiger partial charge in [-0.05, 0) is 35.6 Å². The summed E-state index contributed by atoms with van der Waals surface area (Å²) in [5.74, 6) is 0.184. The maximum atomic E-state index is 12.6. The van der Waals surface area contributed by atoms with Gasteiger partial charge in [-0.15, -0.1) is 0 Å². The lowest BCUT2D eigenvalue weighted by Gasteiger charge is -2.22. The lowest BCUT2D eigenvalue weighted by atomic mass is 10.2. The minimum atomic E-state index is -4.47. The van der Waals surface area contributed by atoms with Gasteiger partial charge >= 0.3 is 17.8 Å². The highest BCUT2D eigenvalue weighted by Gasteiger charge is 2.37. The summed E-state index contributed by atoms with van der Waals surface area (Å²) in [5, 5.41) is 10.9. The average molecular weight is 439 g/mol. The van der Waals surface area contributed by atoms with Crippen molar-refractivity contribution < 1.29 is 36.3 Å². The second kappa shape index (κ2) is 8.45. The predicted octanol–water partition coefficient (Wildman–Crippen LogP) is 4.34. The van der Waals surface area contributed by atoms with E-state index >= 15 is 0 Å². The van der Waals surface area contributed by atoms with E-state index in [1.165, 1.54) is 12.1 Å². The van der Waals surface area contributed by atoms with E-state index < -0.39 is 35.4 Å². The van der Waals surface area contributed by atoms with Gasteiger partial charge in [-0.3, -0.25) is 10.1 Å². The summed E-state index contributed by atoms with van der Waals surface area (Å²) in [6.07, 6.45) is -3.74. The number of halogens is 5. The van der Waals surface area contributed by atoms with Crippen LogP contribution < -0.4 is 9.64 Å². The molecule has 1 aromatic heterocycles. The van der Waals surface area contributed by atoms with Gasteiger partial charge in [-0.2, -0.15) is 22.0 Å². The van der Waals surface area contributed by atoms with E-state index in [1.54, 1.807) is 4.90 Å². The van der Waals surface area contributed by atoms with E-state index in [-0.39, 0.29) is 35.5 Å². The van der Waals surface area contributed by atoms with Gasteiger partial charge in [-0.1, -0.05) is 0 Å². The average Bonchev–Trinajstić information content (AvgIpc) is 3.26. The molecular formula is C16H14F5N3O4S. The molecular weight excluding hydrogens is 425 g/mol. The van der Waals surface area contributed by atoms with Gasteiger partial charge in [0.25, 0.3) is 0 Å². The largest absolute Gasteiger partial charge is 0.489 e. The van der Waals surface area contributed by atoms with Crippen molar-refractivity contribution in [3.05, 3.63) is 46.1 Å². The number of benzene rings is 1. The van der Waals surface area contributed by atoms with E-state index in [0.717, 1.165) is 29.7 Å². The van der Waals surface area contributed by atoms with Crippen molar-refractivity contribution in [2.45, 2.75) is 31.4 Å². The number of anilines is 1. The molecule has 2 atom stereocenters. The van der Waals surface area contributed by atoms with Gasteiger partial charge in [0, 0.05) is 6.42 Å². The summed E-state index contributed by atoms with van der Waals surface area (Å²) < 4.78 is 72.9. The van der Waals surface area contributed by atoms with Crippen LogP contribution in [0.2, 0.25) is 0 Å². The van der Waals surface area contributed by atoms with E-state index in [1.807, 2.05) is 0 Å². The molecule has 0 aliphatic carbocycles. The predicted molar refractivity (Wildman–Crippen MR) is 92.3 cm³/mol. The lowest BCUT2D eigenvalue weighted by molar-refractivity contribution is -0.380. The molecule has 1 saturated heterocycles. The van der Waals surface area contributed by atoms with Gasteiger partial charge in [0.15, 0.2) is 5.13 Å². The minimum absolute atomic E-state index is 0.156. The van der Waals surface area contributed by atoms with Crippen LogP contribution in [0.15, 0.2) is 30.5 Å². The first-order valence-corrected chi connectivity index (χ1v) is 9.05. The molecule has 3 rings (SSSR count). The van der Waals surface area contributed by atoms with E-state index in [2.05, 4.69) is 9.72 Å². The van der Waals surface area contributed by atoms with Gasteiger partial charge in [0.2, 0.25) is 0 Å². The molecule has 0 radical (unpaired) electrons. The first kappa shape index (κ1) is 21.2. The van der Waals surface area contributed by atoms with Gasteiger partial charge in [0.05, 0.1) is 29.7 Å². The molecule has 1 fully saturated rings. The van der Waals surface area contributed by atoms with Crippen molar-refractivity contribution in [3.63, 3.8) is 0 Å². The zero-order valence-corrected chi connectivity index (χ0v) is 15.3. The zero-order valence-electron chi connectivity index (χ0n) is 14.5. The summed E-state index contributed by atoms with van der Waals surface area (Å²) in [5.41, 5.74) is -0.823. The smallest absolute Gasteiger partial charge is 0.416 e. The Bertz CT molecular complexity index is 846. The maximum Gasteiger partial charge on any atom is 0.416 e. The fourth-order valence-electron chi connectivity index (χ4n) is 2.92. The van der Waals surface area contributed by atoms with Crippen LogP contribution >= 0.6 is 11.3 Å². The van der Waals surface area contributed by atoms with E-state index in [0.29, 0.717) is 0 Å². The molecule has 0 N–H and O–H groups in total. The number of rotatable bonds is 7. The maximum absolute atomic E-state index is 12.6. The van der Waals surface area contributed by atoms with Gasteiger partial charge < -0.3 is 14.4 Å². The van der Waals surface area contributed by atoms with Crippen LogP contribution in [0, 0.1) is 10.1 Å². The Morgan fingerprint density at radius 2 is 2.00 bits per heavy atom. The molecule has 2 aromatic rings. The third kappa shape index (κ3) is 5.29. The number of nitrogens with zero attached hydrogens (tertiary/aromatic N) is 3. The number of hydrogen-bond donors (Lipinski definition) is 0. The Hall–Kier alpha value is -2.54. The quantitative estimate of drug-likeness (QED) is 0.363. The molecule has 158 valence electrons. The first-order chi connectivity index (χ1) is 13.6. The molecule has 0 saturated carbocycles. The molecule has 1 aliphatic heterocycles. The molecule has 13 heteroatoms. The van der Waals surface area contributed by atoms with Crippen molar-refractivity contribution in [3.8, 4) is 5.75 Å². The Labute approximate surface area is 164 Å². The topological polar surface area (TPSA) is 77.7 Å².